The van der Waals surface area contributed by atoms with E-state index in [0.717, 1.165) is 0 Å². The van der Waals surface area contributed by atoms with Crippen molar-refractivity contribution in [2.45, 2.75) is 0 Å². The highest BCUT2D eigenvalue weighted by Crippen LogP contribution is 2.36. The monoisotopic (exact) mass is 341 g/mol. The van der Waals surface area contributed by atoms with Gasteiger partial charge in [-0.25, -0.2) is 0 Å². The minimum absolute atomic E-state index is 0. The number of thioether (sulfide) groups is 1. The number of halogens is 1. The fourth-order valence-corrected chi connectivity index (χ4v) is 3.08. The number of rotatable bonds is 0. The molecule has 0 saturated carbocycles. The summed E-state index contributed by atoms with van der Waals surface area (Å²) < 4.78 is 2.28. The molecule has 0 unspecified atom stereocenters. The molecule has 0 spiro atoms. The smallest absolute Gasteiger partial charge is 0.248 e. The van der Waals surface area contributed by atoms with Crippen LogP contribution in [0.3, 0.4) is 0 Å². The van der Waals surface area contributed by atoms with Crippen molar-refractivity contribution < 1.29 is 28.6 Å². The molecule has 1 nitrogen and oxygen atoms in total. The maximum absolute atomic E-state index is 2.28. The molecule has 0 N–H and O–H groups in total. The zero-order chi connectivity index (χ0) is 10.4. The Bertz CT molecular complexity index is 584. The quantitative estimate of drug-likeness (QED) is 0.490. The van der Waals surface area contributed by atoms with Crippen LogP contribution in [0.25, 0.3) is 10.8 Å². The lowest BCUT2D eigenvalue weighted by atomic mass is 10.1. The second-order valence-electron chi connectivity index (χ2n) is 3.75. The van der Waals surface area contributed by atoms with Gasteiger partial charge in [-0.3, -0.25) is 0 Å². The summed E-state index contributed by atoms with van der Waals surface area (Å²) in [4.78, 5) is 0. The molecule has 0 fully saturated rings. The van der Waals surface area contributed by atoms with Crippen LogP contribution in [0.1, 0.15) is 5.56 Å². The largest absolute Gasteiger partial charge is 1.00 e. The highest BCUT2D eigenvalue weighted by molar-refractivity contribution is 8.13. The Morgan fingerprint density at radius 2 is 1.75 bits per heavy atom. The highest BCUT2D eigenvalue weighted by atomic mass is 127. The predicted molar refractivity (Wildman–Crippen MR) is 67.4 cm³/mol. The Morgan fingerprint density at radius 1 is 1.06 bits per heavy atom. The first-order valence-corrected chi connectivity index (χ1v) is 6.22. The fourth-order valence-electron chi connectivity index (χ4n) is 2.32. The minimum atomic E-state index is 0. The molecule has 0 radical (unpaired) electrons. The zero-order valence-electron chi connectivity index (χ0n) is 9.20. The molecule has 0 atom stereocenters. The number of hydrogen-bond donors (Lipinski definition) is 0. The first-order valence-electron chi connectivity index (χ1n) is 4.99. The van der Waals surface area contributed by atoms with Crippen molar-refractivity contribution in [1.29, 1.82) is 0 Å². The van der Waals surface area contributed by atoms with Crippen molar-refractivity contribution in [1.82, 2.24) is 0 Å². The molecule has 1 aliphatic rings. The molecule has 2 aromatic carbocycles. The van der Waals surface area contributed by atoms with Crippen molar-refractivity contribution in [3.63, 3.8) is 0 Å². The van der Waals surface area contributed by atoms with Crippen molar-refractivity contribution in [3.05, 3.63) is 42.0 Å². The van der Waals surface area contributed by atoms with Gasteiger partial charge in [0, 0.05) is 6.07 Å². The molecule has 1 heterocycles. The lowest BCUT2D eigenvalue weighted by molar-refractivity contribution is -0.396. The molecule has 0 amide bonds. The van der Waals surface area contributed by atoms with E-state index in [0.29, 0.717) is 0 Å². The van der Waals surface area contributed by atoms with Crippen molar-refractivity contribution >= 4 is 33.3 Å². The Balaban J connectivity index is 0.000000963. The van der Waals surface area contributed by atoms with E-state index in [9.17, 15) is 0 Å². The van der Waals surface area contributed by atoms with Gasteiger partial charge in [0.2, 0.25) is 10.7 Å². The summed E-state index contributed by atoms with van der Waals surface area (Å²) in [5, 5.41) is 4.08. The molecule has 2 aromatic rings. The average molecular weight is 341 g/mol. The van der Waals surface area contributed by atoms with Crippen LogP contribution in [0.2, 0.25) is 0 Å². The number of nitrogens with zero attached hydrogens (tertiary/aromatic N) is 1. The molecule has 3 heteroatoms. The van der Waals surface area contributed by atoms with Crippen LogP contribution in [-0.4, -0.2) is 22.9 Å². The first kappa shape index (κ1) is 11.9. The summed E-state index contributed by atoms with van der Waals surface area (Å²) in [6.45, 7) is 0. The van der Waals surface area contributed by atoms with E-state index >= 15 is 0 Å². The second-order valence-corrected chi connectivity index (χ2v) is 4.54. The maximum atomic E-state index is 2.28. The minimum Gasteiger partial charge on any atom is -1.00 e. The number of benzene rings is 2. The average Bonchev–Trinajstić information content (AvgIpc) is 2.55. The topological polar surface area (TPSA) is 3.01 Å². The normalized spacial score (nSPS) is 13.1. The molecule has 1 aliphatic heterocycles. The van der Waals surface area contributed by atoms with E-state index in [-0.39, 0.29) is 24.0 Å². The fraction of sp³-hybridized carbons (Fsp3) is 0.154. The van der Waals surface area contributed by atoms with Gasteiger partial charge in [0.15, 0.2) is 0 Å². The highest BCUT2D eigenvalue weighted by Gasteiger charge is 2.28. The van der Waals surface area contributed by atoms with Crippen LogP contribution in [0.5, 0.6) is 0 Å². The molecule has 16 heavy (non-hydrogen) atoms. The van der Waals surface area contributed by atoms with Crippen LogP contribution in [0, 0.1) is 0 Å². The molecular formula is C13H12INS. The lowest BCUT2D eigenvalue weighted by Gasteiger charge is -1.96. The van der Waals surface area contributed by atoms with E-state index in [1.807, 2.05) is 11.8 Å². The Morgan fingerprint density at radius 3 is 2.44 bits per heavy atom. The Kier molecular flexibility index (Phi) is 3.26. The van der Waals surface area contributed by atoms with Gasteiger partial charge in [0.25, 0.3) is 0 Å². The molecule has 0 bridgehead atoms. The second kappa shape index (κ2) is 4.37. The van der Waals surface area contributed by atoms with Crippen LogP contribution < -0.4 is 24.0 Å². The lowest BCUT2D eigenvalue weighted by Crippen LogP contribution is -3.00. The van der Waals surface area contributed by atoms with Gasteiger partial charge in [-0.1, -0.05) is 36.0 Å². The van der Waals surface area contributed by atoms with Gasteiger partial charge < -0.3 is 24.0 Å². The summed E-state index contributed by atoms with van der Waals surface area (Å²) in [5.74, 6) is 0. The molecule has 82 valence electrons. The van der Waals surface area contributed by atoms with Gasteiger partial charge >= 0.3 is 0 Å². The first-order chi connectivity index (χ1) is 7.33. The molecule has 3 rings (SSSR count). The molecule has 0 aliphatic carbocycles. The number of hydrogen-bond acceptors (Lipinski definition) is 1. The summed E-state index contributed by atoms with van der Waals surface area (Å²) >= 11 is 1.81. The third kappa shape index (κ3) is 1.49. The molecule has 0 saturated heterocycles. The Hall–Kier alpha value is -0.550. The van der Waals surface area contributed by atoms with E-state index in [2.05, 4.69) is 54.3 Å². The SMILES string of the molecule is CSC1=[N+](C)c2cccc3cccc1c23.[I-]. The Labute approximate surface area is 117 Å². The van der Waals surface area contributed by atoms with Crippen LogP contribution in [-0.2, 0) is 0 Å². The van der Waals surface area contributed by atoms with Gasteiger partial charge in [-0.05, 0) is 17.7 Å². The third-order valence-corrected chi connectivity index (χ3v) is 3.85. The van der Waals surface area contributed by atoms with Crippen molar-refractivity contribution in [3.8, 4) is 0 Å². The summed E-state index contributed by atoms with van der Waals surface area (Å²) in [5.41, 5.74) is 2.70. The van der Waals surface area contributed by atoms with Crippen LogP contribution >= 0.6 is 11.8 Å². The standard InChI is InChI=1S/C13H12NS.HI/c1-14-11-8-4-6-9-5-3-7-10(12(9)11)13(14)15-2;/h3-8H,1-2H3;1H/q+1;/p-1. The summed E-state index contributed by atoms with van der Waals surface area (Å²) in [6, 6.07) is 13.0. The van der Waals surface area contributed by atoms with E-state index < -0.39 is 0 Å². The predicted octanol–water partition coefficient (Wildman–Crippen LogP) is 0.241. The molecular weight excluding hydrogens is 329 g/mol. The van der Waals surface area contributed by atoms with E-state index in [4.69, 9.17) is 0 Å². The third-order valence-electron chi connectivity index (χ3n) is 2.97. The van der Waals surface area contributed by atoms with Crippen molar-refractivity contribution in [2.75, 3.05) is 13.3 Å². The van der Waals surface area contributed by atoms with E-state index in [1.165, 1.54) is 27.1 Å². The van der Waals surface area contributed by atoms with Gasteiger partial charge in [0.05, 0.1) is 10.9 Å². The summed E-state index contributed by atoms with van der Waals surface area (Å²) in [6.07, 6.45) is 2.14. The van der Waals surface area contributed by atoms with Crippen molar-refractivity contribution in [2.24, 2.45) is 0 Å². The van der Waals surface area contributed by atoms with Gasteiger partial charge in [-0.15, -0.1) is 0 Å². The van der Waals surface area contributed by atoms with Gasteiger partial charge in [-0.2, -0.15) is 4.58 Å². The maximum Gasteiger partial charge on any atom is 0.248 e. The summed E-state index contributed by atoms with van der Waals surface area (Å²) in [7, 11) is 2.14. The van der Waals surface area contributed by atoms with Crippen LogP contribution in [0.15, 0.2) is 36.4 Å². The van der Waals surface area contributed by atoms with Gasteiger partial charge in [0.1, 0.15) is 7.05 Å². The van der Waals surface area contributed by atoms with E-state index in [1.54, 1.807) is 0 Å². The molecule has 0 aromatic heterocycles. The van der Waals surface area contributed by atoms with Crippen LogP contribution in [0.4, 0.5) is 5.69 Å². The zero-order valence-corrected chi connectivity index (χ0v) is 12.2.